The average molecular weight is 116 g/mol. The number of rotatable bonds is 0. The molecule has 1 heterocycles. The molecule has 2 nitrogen and oxygen atoms in total. The Morgan fingerprint density at radius 1 is 1.62 bits per heavy atom. The molecular formula is C6H14NO+. The molecule has 1 fully saturated rings. The van der Waals surface area contributed by atoms with Crippen molar-refractivity contribution in [1.29, 1.82) is 0 Å². The number of hydroxylamine groups is 3. The van der Waals surface area contributed by atoms with Crippen molar-refractivity contribution in [3.63, 3.8) is 0 Å². The third-order valence-electron chi connectivity index (χ3n) is 2.18. The Morgan fingerprint density at radius 2 is 2.25 bits per heavy atom. The fourth-order valence-electron chi connectivity index (χ4n) is 1.21. The van der Waals surface area contributed by atoms with Crippen molar-refractivity contribution in [2.75, 3.05) is 13.6 Å². The fourth-order valence-corrected chi connectivity index (χ4v) is 1.21. The van der Waals surface area contributed by atoms with Gasteiger partial charge in [-0.2, -0.15) is 4.65 Å². The molecule has 0 spiro atoms. The van der Waals surface area contributed by atoms with Gasteiger partial charge in [-0.15, -0.1) is 0 Å². The molecular weight excluding hydrogens is 102 g/mol. The lowest BCUT2D eigenvalue weighted by Crippen LogP contribution is -2.42. The van der Waals surface area contributed by atoms with Gasteiger partial charge in [0.2, 0.25) is 0 Å². The van der Waals surface area contributed by atoms with E-state index in [1.165, 1.54) is 12.8 Å². The molecule has 0 aromatic rings. The van der Waals surface area contributed by atoms with Gasteiger partial charge in [0, 0.05) is 12.8 Å². The van der Waals surface area contributed by atoms with Gasteiger partial charge in [-0.1, -0.05) is 0 Å². The Bertz CT molecular complexity index is 90.5. The fraction of sp³-hybridized carbons (Fsp3) is 1.00. The molecule has 0 radical (unpaired) electrons. The largest absolute Gasteiger partial charge is 0.217 e. The van der Waals surface area contributed by atoms with Gasteiger partial charge < -0.3 is 0 Å². The van der Waals surface area contributed by atoms with Crippen molar-refractivity contribution in [3.8, 4) is 0 Å². The van der Waals surface area contributed by atoms with Crippen molar-refractivity contribution in [3.05, 3.63) is 0 Å². The molecule has 1 aliphatic heterocycles. The van der Waals surface area contributed by atoms with Crippen LogP contribution in [0.5, 0.6) is 0 Å². The quantitative estimate of drug-likeness (QED) is 0.468. The second kappa shape index (κ2) is 1.71. The van der Waals surface area contributed by atoms with Gasteiger partial charge in [0.1, 0.15) is 12.6 Å². The summed E-state index contributed by atoms with van der Waals surface area (Å²) in [6, 6.07) is 0.454. The van der Waals surface area contributed by atoms with Crippen LogP contribution in [0, 0.1) is 0 Å². The van der Waals surface area contributed by atoms with Crippen molar-refractivity contribution < 1.29 is 9.85 Å². The van der Waals surface area contributed by atoms with Crippen LogP contribution >= 0.6 is 0 Å². The van der Waals surface area contributed by atoms with Crippen LogP contribution in [0.25, 0.3) is 0 Å². The maximum Gasteiger partial charge on any atom is 0.116 e. The summed E-state index contributed by atoms with van der Waals surface area (Å²) in [5, 5.41) is 9.40. The monoisotopic (exact) mass is 116 g/mol. The first-order valence-electron chi connectivity index (χ1n) is 3.21. The summed E-state index contributed by atoms with van der Waals surface area (Å²) < 4.78 is 0.236. The smallest absolute Gasteiger partial charge is 0.116 e. The standard InChI is InChI=1S/C6H14NO/c1-6-4-3-5-7(6,2)8/h6,8H,3-5H2,1-2H3/q+1. The van der Waals surface area contributed by atoms with Crippen LogP contribution in [0.2, 0.25) is 0 Å². The normalized spacial score (nSPS) is 47.6. The number of hydrogen-bond donors (Lipinski definition) is 1. The lowest BCUT2D eigenvalue weighted by molar-refractivity contribution is -1.10. The van der Waals surface area contributed by atoms with Crippen LogP contribution in [0.1, 0.15) is 19.8 Å². The van der Waals surface area contributed by atoms with Crippen LogP contribution in [-0.2, 0) is 0 Å². The van der Waals surface area contributed by atoms with Gasteiger partial charge >= 0.3 is 0 Å². The number of likely N-dealkylation sites (tertiary alicyclic amines) is 1. The Labute approximate surface area is 50.3 Å². The summed E-state index contributed by atoms with van der Waals surface area (Å²) in [7, 11) is 1.87. The van der Waals surface area contributed by atoms with E-state index in [0.29, 0.717) is 6.04 Å². The van der Waals surface area contributed by atoms with Gasteiger partial charge in [0.25, 0.3) is 0 Å². The number of quaternary nitrogens is 1. The molecule has 0 aliphatic carbocycles. The first-order valence-corrected chi connectivity index (χ1v) is 3.21. The second-order valence-electron chi connectivity index (χ2n) is 2.93. The van der Waals surface area contributed by atoms with Crippen molar-refractivity contribution in [2.45, 2.75) is 25.8 Å². The molecule has 2 unspecified atom stereocenters. The van der Waals surface area contributed by atoms with Gasteiger partial charge in [0.15, 0.2) is 0 Å². The first-order chi connectivity index (χ1) is 3.63. The van der Waals surface area contributed by atoms with E-state index in [2.05, 4.69) is 6.92 Å². The SMILES string of the molecule is CC1CCC[N+]1(C)O. The van der Waals surface area contributed by atoms with Crippen molar-refractivity contribution >= 4 is 0 Å². The molecule has 0 saturated carbocycles. The summed E-state index contributed by atoms with van der Waals surface area (Å²) in [4.78, 5) is 0. The van der Waals surface area contributed by atoms with E-state index in [-0.39, 0.29) is 4.65 Å². The Morgan fingerprint density at radius 3 is 2.38 bits per heavy atom. The lowest BCUT2D eigenvalue weighted by Gasteiger charge is -2.23. The molecule has 1 saturated heterocycles. The number of nitrogens with zero attached hydrogens (tertiary/aromatic N) is 1. The molecule has 0 aromatic carbocycles. The minimum atomic E-state index is 0.236. The Kier molecular flexibility index (Phi) is 1.29. The van der Waals surface area contributed by atoms with E-state index >= 15 is 0 Å². The maximum absolute atomic E-state index is 9.40. The molecule has 1 N–H and O–H groups in total. The van der Waals surface area contributed by atoms with Crippen LogP contribution in [-0.4, -0.2) is 29.5 Å². The maximum atomic E-state index is 9.40. The van der Waals surface area contributed by atoms with Crippen molar-refractivity contribution in [2.24, 2.45) is 0 Å². The zero-order valence-corrected chi connectivity index (χ0v) is 5.59. The zero-order valence-electron chi connectivity index (χ0n) is 5.59. The van der Waals surface area contributed by atoms with E-state index in [9.17, 15) is 5.21 Å². The van der Waals surface area contributed by atoms with Gasteiger partial charge in [0.05, 0.1) is 7.05 Å². The minimum absolute atomic E-state index is 0.236. The van der Waals surface area contributed by atoms with E-state index in [1.54, 1.807) is 0 Å². The van der Waals surface area contributed by atoms with Crippen LogP contribution in [0.4, 0.5) is 0 Å². The molecule has 2 heteroatoms. The molecule has 0 bridgehead atoms. The van der Waals surface area contributed by atoms with E-state index < -0.39 is 0 Å². The molecule has 1 aliphatic rings. The highest BCUT2D eigenvalue weighted by molar-refractivity contribution is 4.56. The third kappa shape index (κ3) is 0.858. The van der Waals surface area contributed by atoms with Crippen molar-refractivity contribution in [1.82, 2.24) is 0 Å². The van der Waals surface area contributed by atoms with Crippen LogP contribution in [0.15, 0.2) is 0 Å². The van der Waals surface area contributed by atoms with E-state index in [4.69, 9.17) is 0 Å². The average Bonchev–Trinajstić information content (AvgIpc) is 1.86. The van der Waals surface area contributed by atoms with Gasteiger partial charge in [-0.05, 0) is 6.92 Å². The summed E-state index contributed by atoms with van der Waals surface area (Å²) >= 11 is 0. The molecule has 0 aromatic heterocycles. The Balaban J connectivity index is 2.54. The summed E-state index contributed by atoms with van der Waals surface area (Å²) in [6.07, 6.45) is 2.35. The predicted octanol–water partition coefficient (Wildman–Crippen LogP) is 1.00. The minimum Gasteiger partial charge on any atom is -0.217 e. The topological polar surface area (TPSA) is 20.2 Å². The highest BCUT2D eigenvalue weighted by Crippen LogP contribution is 2.20. The molecule has 2 atom stereocenters. The highest BCUT2D eigenvalue weighted by atomic mass is 16.5. The summed E-state index contributed by atoms with van der Waals surface area (Å²) in [5.41, 5.74) is 0. The van der Waals surface area contributed by atoms with E-state index in [0.717, 1.165) is 6.54 Å². The second-order valence-corrected chi connectivity index (χ2v) is 2.93. The van der Waals surface area contributed by atoms with Gasteiger partial charge in [-0.3, -0.25) is 0 Å². The highest BCUT2D eigenvalue weighted by Gasteiger charge is 2.32. The molecule has 1 rings (SSSR count). The van der Waals surface area contributed by atoms with Crippen LogP contribution < -0.4 is 0 Å². The molecule has 0 amide bonds. The predicted molar refractivity (Wildman–Crippen MR) is 31.5 cm³/mol. The first kappa shape index (κ1) is 6.05. The third-order valence-corrected chi connectivity index (χ3v) is 2.18. The zero-order chi connectivity index (χ0) is 6.20. The summed E-state index contributed by atoms with van der Waals surface area (Å²) in [6.45, 7) is 3.02. The molecule has 8 heavy (non-hydrogen) atoms. The lowest BCUT2D eigenvalue weighted by atomic mass is 10.2. The Hall–Kier alpha value is -0.0800. The molecule has 48 valence electrons. The van der Waals surface area contributed by atoms with Crippen LogP contribution in [0.3, 0.4) is 0 Å². The summed E-state index contributed by atoms with van der Waals surface area (Å²) in [5.74, 6) is 0. The van der Waals surface area contributed by atoms with Gasteiger partial charge in [-0.25, -0.2) is 5.21 Å². The number of hydrogen-bond acceptors (Lipinski definition) is 1. The van der Waals surface area contributed by atoms with E-state index in [1.807, 2.05) is 7.05 Å².